The second-order valence-electron chi connectivity index (χ2n) is 5.03. The molecule has 1 fully saturated rings. The molecule has 1 aliphatic heterocycles. The molecule has 1 aliphatic rings. The summed E-state index contributed by atoms with van der Waals surface area (Å²) in [6.07, 6.45) is 2.07. The first-order valence-electron chi connectivity index (χ1n) is 6.02. The molecule has 1 heterocycles. The van der Waals surface area contributed by atoms with Crippen LogP contribution in [0.3, 0.4) is 0 Å². The molecule has 1 rings (SSSR count). The van der Waals surface area contributed by atoms with Crippen molar-refractivity contribution in [3.8, 4) is 0 Å². The third kappa shape index (κ3) is 3.71. The number of hydrogen-bond acceptors (Lipinski definition) is 1. The zero-order valence-corrected chi connectivity index (χ0v) is 10.0. The summed E-state index contributed by atoms with van der Waals surface area (Å²) in [5.74, 6) is 0.629. The normalized spacial score (nSPS) is 29.0. The van der Waals surface area contributed by atoms with Crippen molar-refractivity contribution < 1.29 is 8.78 Å². The Morgan fingerprint density at radius 3 is 2.47 bits per heavy atom. The van der Waals surface area contributed by atoms with E-state index in [9.17, 15) is 8.78 Å². The maximum absolute atomic E-state index is 12.2. The number of rotatable bonds is 4. The Kier molecular flexibility index (Phi) is 4.97. The molecular weight excluding hydrogens is 196 g/mol. The van der Waals surface area contributed by atoms with Gasteiger partial charge in [-0.25, -0.2) is 8.78 Å². The third-order valence-corrected chi connectivity index (χ3v) is 3.62. The minimum Gasteiger partial charge on any atom is -0.300 e. The summed E-state index contributed by atoms with van der Waals surface area (Å²) >= 11 is 0. The summed E-state index contributed by atoms with van der Waals surface area (Å²) in [5, 5.41) is 0. The van der Waals surface area contributed by atoms with Crippen LogP contribution in [0.5, 0.6) is 0 Å². The van der Waals surface area contributed by atoms with E-state index >= 15 is 0 Å². The van der Waals surface area contributed by atoms with Crippen molar-refractivity contribution >= 4 is 0 Å². The zero-order chi connectivity index (χ0) is 11.4. The summed E-state index contributed by atoms with van der Waals surface area (Å²) in [6.45, 7) is 4.44. The Balaban J connectivity index is 2.43. The number of piperidine rings is 1. The zero-order valence-electron chi connectivity index (χ0n) is 10.0. The standard InChI is InChI=1S/C12H23F2N/c1-9(2)11-6-4-5-10(15(11)3)7-8-12(13)14/h9-12H,4-8H2,1-3H3. The van der Waals surface area contributed by atoms with Crippen molar-refractivity contribution in [1.29, 1.82) is 0 Å². The van der Waals surface area contributed by atoms with Crippen molar-refractivity contribution in [3.63, 3.8) is 0 Å². The fourth-order valence-corrected chi connectivity index (χ4v) is 2.71. The molecule has 0 spiro atoms. The lowest BCUT2D eigenvalue weighted by Crippen LogP contribution is -2.46. The van der Waals surface area contributed by atoms with E-state index in [-0.39, 0.29) is 6.42 Å². The Labute approximate surface area is 91.8 Å². The maximum atomic E-state index is 12.2. The highest BCUT2D eigenvalue weighted by Crippen LogP contribution is 2.28. The fourth-order valence-electron chi connectivity index (χ4n) is 2.71. The van der Waals surface area contributed by atoms with Gasteiger partial charge in [0.15, 0.2) is 0 Å². The lowest BCUT2D eigenvalue weighted by Gasteiger charge is -2.41. The third-order valence-electron chi connectivity index (χ3n) is 3.62. The Morgan fingerprint density at radius 2 is 1.93 bits per heavy atom. The van der Waals surface area contributed by atoms with Crippen LogP contribution in [-0.4, -0.2) is 30.5 Å². The average molecular weight is 219 g/mol. The largest absolute Gasteiger partial charge is 0.300 e. The predicted molar refractivity (Wildman–Crippen MR) is 59.3 cm³/mol. The van der Waals surface area contributed by atoms with E-state index in [1.54, 1.807) is 0 Å². The number of alkyl halides is 2. The van der Waals surface area contributed by atoms with Crippen LogP contribution in [0.15, 0.2) is 0 Å². The van der Waals surface area contributed by atoms with E-state index < -0.39 is 6.43 Å². The van der Waals surface area contributed by atoms with Crippen molar-refractivity contribution in [2.45, 2.75) is 64.5 Å². The topological polar surface area (TPSA) is 3.24 Å². The molecule has 2 unspecified atom stereocenters. The Hall–Kier alpha value is -0.180. The van der Waals surface area contributed by atoms with Gasteiger partial charge < -0.3 is 4.90 Å². The highest BCUT2D eigenvalue weighted by Gasteiger charge is 2.29. The van der Waals surface area contributed by atoms with E-state index in [4.69, 9.17) is 0 Å². The van der Waals surface area contributed by atoms with E-state index in [1.165, 1.54) is 12.8 Å². The van der Waals surface area contributed by atoms with Gasteiger partial charge in [-0.15, -0.1) is 0 Å². The molecule has 0 aliphatic carbocycles. The van der Waals surface area contributed by atoms with E-state index in [2.05, 4.69) is 25.8 Å². The van der Waals surface area contributed by atoms with Crippen molar-refractivity contribution in [2.75, 3.05) is 7.05 Å². The highest BCUT2D eigenvalue weighted by atomic mass is 19.3. The number of halogens is 2. The minimum absolute atomic E-state index is 0.0554. The van der Waals surface area contributed by atoms with Crippen LogP contribution >= 0.6 is 0 Å². The first-order chi connectivity index (χ1) is 7.02. The van der Waals surface area contributed by atoms with E-state index in [0.717, 1.165) is 6.42 Å². The van der Waals surface area contributed by atoms with Crippen LogP contribution in [-0.2, 0) is 0 Å². The second kappa shape index (κ2) is 5.78. The molecule has 3 heteroatoms. The van der Waals surface area contributed by atoms with Gasteiger partial charge in [-0.05, 0) is 32.2 Å². The van der Waals surface area contributed by atoms with E-state index in [1.807, 2.05) is 0 Å². The minimum atomic E-state index is -2.14. The first kappa shape index (κ1) is 12.9. The second-order valence-corrected chi connectivity index (χ2v) is 5.03. The van der Waals surface area contributed by atoms with Crippen LogP contribution in [0.25, 0.3) is 0 Å². The predicted octanol–water partition coefficient (Wildman–Crippen LogP) is 3.54. The molecule has 0 bridgehead atoms. The molecule has 1 nitrogen and oxygen atoms in total. The first-order valence-corrected chi connectivity index (χ1v) is 6.02. The molecule has 0 aromatic rings. The molecule has 15 heavy (non-hydrogen) atoms. The summed E-state index contributed by atoms with van der Waals surface area (Å²) in [7, 11) is 2.10. The molecule has 0 aromatic carbocycles. The molecule has 0 aromatic heterocycles. The van der Waals surface area contributed by atoms with Crippen LogP contribution in [0.4, 0.5) is 8.78 Å². The van der Waals surface area contributed by atoms with Gasteiger partial charge in [0.25, 0.3) is 0 Å². The van der Waals surface area contributed by atoms with Crippen molar-refractivity contribution in [1.82, 2.24) is 4.90 Å². The van der Waals surface area contributed by atoms with Crippen LogP contribution in [0, 0.1) is 5.92 Å². The van der Waals surface area contributed by atoms with Crippen molar-refractivity contribution in [3.05, 3.63) is 0 Å². The summed E-state index contributed by atoms with van der Waals surface area (Å²) < 4.78 is 24.3. The van der Waals surface area contributed by atoms with Gasteiger partial charge in [0.1, 0.15) is 0 Å². The lowest BCUT2D eigenvalue weighted by atomic mass is 9.88. The number of likely N-dealkylation sites (tertiary alicyclic amines) is 1. The van der Waals surface area contributed by atoms with Gasteiger partial charge in [0.05, 0.1) is 0 Å². The van der Waals surface area contributed by atoms with Gasteiger partial charge in [0, 0.05) is 18.5 Å². The van der Waals surface area contributed by atoms with E-state index in [0.29, 0.717) is 24.4 Å². The van der Waals surface area contributed by atoms with Crippen LogP contribution < -0.4 is 0 Å². The lowest BCUT2D eigenvalue weighted by molar-refractivity contribution is 0.0594. The summed E-state index contributed by atoms with van der Waals surface area (Å²) in [6, 6.07) is 0.960. The van der Waals surface area contributed by atoms with Gasteiger partial charge in [-0.3, -0.25) is 0 Å². The summed E-state index contributed by atoms with van der Waals surface area (Å²) in [4.78, 5) is 2.33. The van der Waals surface area contributed by atoms with Gasteiger partial charge in [-0.2, -0.15) is 0 Å². The molecule has 0 N–H and O–H groups in total. The molecule has 0 amide bonds. The summed E-state index contributed by atoms with van der Waals surface area (Å²) in [5.41, 5.74) is 0. The van der Waals surface area contributed by atoms with Gasteiger partial charge in [0.2, 0.25) is 6.43 Å². The molecule has 1 saturated heterocycles. The monoisotopic (exact) mass is 219 g/mol. The molecule has 2 atom stereocenters. The van der Waals surface area contributed by atoms with Crippen LogP contribution in [0.1, 0.15) is 46.0 Å². The highest BCUT2D eigenvalue weighted by molar-refractivity contribution is 4.84. The Bertz CT molecular complexity index is 182. The molecular formula is C12H23F2N. The smallest absolute Gasteiger partial charge is 0.238 e. The quantitative estimate of drug-likeness (QED) is 0.699. The SMILES string of the molecule is CC(C)C1CCCC(CCC(F)F)N1C. The average Bonchev–Trinajstić information content (AvgIpc) is 2.15. The van der Waals surface area contributed by atoms with Gasteiger partial charge in [-0.1, -0.05) is 20.3 Å². The fraction of sp³-hybridized carbons (Fsp3) is 1.00. The maximum Gasteiger partial charge on any atom is 0.238 e. The molecule has 90 valence electrons. The molecule has 0 radical (unpaired) electrons. The molecule has 0 saturated carbocycles. The van der Waals surface area contributed by atoms with Crippen LogP contribution in [0.2, 0.25) is 0 Å². The van der Waals surface area contributed by atoms with Crippen molar-refractivity contribution in [2.24, 2.45) is 5.92 Å². The Morgan fingerprint density at radius 1 is 1.27 bits per heavy atom. The van der Waals surface area contributed by atoms with Gasteiger partial charge >= 0.3 is 0 Å². The number of hydrogen-bond donors (Lipinski definition) is 0. The number of nitrogens with zero attached hydrogens (tertiary/aromatic N) is 1.